The minimum Gasteiger partial charge on any atom is -0.377 e. The van der Waals surface area contributed by atoms with Gasteiger partial charge in [-0.1, -0.05) is 13.8 Å². The van der Waals surface area contributed by atoms with Crippen molar-refractivity contribution < 1.29 is 4.74 Å². The highest BCUT2D eigenvalue weighted by Gasteiger charge is 2.24. The SMILES string of the molecule is CCCOC1CCCN(C(CC)CCN)C1. The Balaban J connectivity index is 2.35. The maximum atomic E-state index is 5.86. The van der Waals surface area contributed by atoms with E-state index in [0.717, 1.165) is 32.5 Å². The predicted molar refractivity (Wildman–Crippen MR) is 68.6 cm³/mol. The van der Waals surface area contributed by atoms with Gasteiger partial charge in [-0.25, -0.2) is 0 Å². The Morgan fingerprint density at radius 3 is 2.88 bits per heavy atom. The molecule has 0 amide bonds. The van der Waals surface area contributed by atoms with E-state index in [-0.39, 0.29) is 0 Å². The van der Waals surface area contributed by atoms with Gasteiger partial charge in [0.25, 0.3) is 0 Å². The van der Waals surface area contributed by atoms with Crippen LogP contribution >= 0.6 is 0 Å². The van der Waals surface area contributed by atoms with Crippen molar-refractivity contribution in [2.24, 2.45) is 5.73 Å². The molecular formula is C13H28N2O. The molecule has 1 fully saturated rings. The van der Waals surface area contributed by atoms with Gasteiger partial charge in [0.15, 0.2) is 0 Å². The third-order valence-corrected chi connectivity index (χ3v) is 3.45. The summed E-state index contributed by atoms with van der Waals surface area (Å²) in [7, 11) is 0. The van der Waals surface area contributed by atoms with E-state index in [1.807, 2.05) is 0 Å². The third-order valence-electron chi connectivity index (χ3n) is 3.45. The van der Waals surface area contributed by atoms with Crippen LogP contribution < -0.4 is 5.73 Å². The van der Waals surface area contributed by atoms with Gasteiger partial charge in [0.1, 0.15) is 0 Å². The second kappa shape index (κ2) is 8.04. The van der Waals surface area contributed by atoms with Crippen molar-refractivity contribution in [3.63, 3.8) is 0 Å². The molecule has 3 nitrogen and oxygen atoms in total. The average molecular weight is 228 g/mol. The standard InChI is InChI=1S/C13H28N2O/c1-3-10-16-13-6-5-9-15(11-13)12(4-2)7-8-14/h12-13H,3-11,14H2,1-2H3. The van der Waals surface area contributed by atoms with Crippen LogP contribution in [0.4, 0.5) is 0 Å². The number of ether oxygens (including phenoxy) is 1. The van der Waals surface area contributed by atoms with Gasteiger partial charge >= 0.3 is 0 Å². The summed E-state index contributed by atoms with van der Waals surface area (Å²) < 4.78 is 5.86. The summed E-state index contributed by atoms with van der Waals surface area (Å²) >= 11 is 0. The molecule has 1 heterocycles. The predicted octanol–water partition coefficient (Wildman–Crippen LogP) is 2.00. The second-order valence-electron chi connectivity index (χ2n) is 4.77. The fraction of sp³-hybridized carbons (Fsp3) is 1.00. The molecule has 0 bridgehead atoms. The van der Waals surface area contributed by atoms with E-state index >= 15 is 0 Å². The summed E-state index contributed by atoms with van der Waals surface area (Å²) in [6, 6.07) is 0.665. The molecule has 0 aliphatic carbocycles. The van der Waals surface area contributed by atoms with Crippen molar-refractivity contribution >= 4 is 0 Å². The number of nitrogens with two attached hydrogens (primary N) is 1. The number of hydrogen-bond acceptors (Lipinski definition) is 3. The van der Waals surface area contributed by atoms with Gasteiger partial charge in [-0.05, 0) is 45.2 Å². The van der Waals surface area contributed by atoms with Crippen LogP contribution in [-0.2, 0) is 4.74 Å². The molecule has 0 spiro atoms. The molecule has 1 rings (SSSR count). The first-order valence-corrected chi connectivity index (χ1v) is 6.87. The lowest BCUT2D eigenvalue weighted by molar-refractivity contribution is -0.0137. The van der Waals surface area contributed by atoms with Crippen LogP contribution in [-0.4, -0.2) is 43.3 Å². The average Bonchev–Trinajstić information content (AvgIpc) is 2.33. The summed E-state index contributed by atoms with van der Waals surface area (Å²) in [5.41, 5.74) is 5.67. The van der Waals surface area contributed by atoms with Crippen LogP contribution in [0.5, 0.6) is 0 Å². The van der Waals surface area contributed by atoms with E-state index in [2.05, 4.69) is 18.7 Å². The minimum absolute atomic E-state index is 0.459. The van der Waals surface area contributed by atoms with Gasteiger partial charge in [0.2, 0.25) is 0 Å². The summed E-state index contributed by atoms with van der Waals surface area (Å²) in [5.74, 6) is 0. The van der Waals surface area contributed by atoms with Gasteiger partial charge in [0.05, 0.1) is 6.10 Å². The molecule has 1 aliphatic rings. The molecule has 0 aromatic carbocycles. The molecule has 1 saturated heterocycles. The first kappa shape index (κ1) is 13.9. The molecule has 1 aliphatic heterocycles. The molecule has 0 aromatic heterocycles. The lowest BCUT2D eigenvalue weighted by atomic mass is 10.0. The smallest absolute Gasteiger partial charge is 0.0702 e. The van der Waals surface area contributed by atoms with Crippen LogP contribution in [0.25, 0.3) is 0 Å². The molecule has 96 valence electrons. The third kappa shape index (κ3) is 4.40. The number of hydrogen-bond donors (Lipinski definition) is 1. The zero-order valence-corrected chi connectivity index (χ0v) is 11.0. The van der Waals surface area contributed by atoms with Crippen LogP contribution in [0, 0.1) is 0 Å². The molecule has 3 heteroatoms. The second-order valence-corrected chi connectivity index (χ2v) is 4.77. The highest BCUT2D eigenvalue weighted by Crippen LogP contribution is 2.18. The largest absolute Gasteiger partial charge is 0.377 e. The molecule has 2 N–H and O–H groups in total. The van der Waals surface area contributed by atoms with Gasteiger partial charge in [0, 0.05) is 19.2 Å². The minimum atomic E-state index is 0.459. The Morgan fingerprint density at radius 1 is 1.44 bits per heavy atom. The lowest BCUT2D eigenvalue weighted by Crippen LogP contribution is -2.46. The van der Waals surface area contributed by atoms with Crippen LogP contribution in [0.2, 0.25) is 0 Å². The van der Waals surface area contributed by atoms with E-state index in [9.17, 15) is 0 Å². The van der Waals surface area contributed by atoms with Crippen molar-refractivity contribution in [1.29, 1.82) is 0 Å². The summed E-state index contributed by atoms with van der Waals surface area (Å²) in [4.78, 5) is 2.58. The highest BCUT2D eigenvalue weighted by molar-refractivity contribution is 4.79. The number of rotatable bonds is 7. The Morgan fingerprint density at radius 2 is 2.25 bits per heavy atom. The maximum Gasteiger partial charge on any atom is 0.0702 e. The van der Waals surface area contributed by atoms with E-state index in [4.69, 9.17) is 10.5 Å². The van der Waals surface area contributed by atoms with Crippen molar-refractivity contribution in [3.8, 4) is 0 Å². The van der Waals surface area contributed by atoms with Gasteiger partial charge in [-0.3, -0.25) is 4.90 Å². The van der Waals surface area contributed by atoms with Crippen molar-refractivity contribution in [2.75, 3.05) is 26.2 Å². The van der Waals surface area contributed by atoms with Crippen molar-refractivity contribution in [3.05, 3.63) is 0 Å². The zero-order valence-electron chi connectivity index (χ0n) is 11.0. The first-order chi connectivity index (χ1) is 7.81. The number of likely N-dealkylation sites (tertiary alicyclic amines) is 1. The monoisotopic (exact) mass is 228 g/mol. The quantitative estimate of drug-likeness (QED) is 0.724. The Hall–Kier alpha value is -0.120. The van der Waals surface area contributed by atoms with E-state index < -0.39 is 0 Å². The molecule has 0 aromatic rings. The summed E-state index contributed by atoms with van der Waals surface area (Å²) in [6.45, 7) is 8.48. The Bertz CT molecular complexity index is 175. The molecule has 2 atom stereocenters. The number of piperidine rings is 1. The van der Waals surface area contributed by atoms with E-state index in [0.29, 0.717) is 12.1 Å². The van der Waals surface area contributed by atoms with E-state index in [1.54, 1.807) is 0 Å². The fourth-order valence-corrected chi connectivity index (χ4v) is 2.56. The van der Waals surface area contributed by atoms with Gasteiger partial charge < -0.3 is 10.5 Å². The first-order valence-electron chi connectivity index (χ1n) is 6.87. The highest BCUT2D eigenvalue weighted by atomic mass is 16.5. The summed E-state index contributed by atoms with van der Waals surface area (Å²) in [6.07, 6.45) is 6.41. The molecule has 2 unspecified atom stereocenters. The maximum absolute atomic E-state index is 5.86. The molecule has 0 radical (unpaired) electrons. The van der Waals surface area contributed by atoms with Gasteiger partial charge in [-0.15, -0.1) is 0 Å². The zero-order chi connectivity index (χ0) is 11.8. The normalized spacial score (nSPS) is 24.6. The molecular weight excluding hydrogens is 200 g/mol. The fourth-order valence-electron chi connectivity index (χ4n) is 2.56. The Labute approximate surface area is 100 Å². The van der Waals surface area contributed by atoms with Crippen LogP contribution in [0.3, 0.4) is 0 Å². The molecule has 0 saturated carbocycles. The summed E-state index contributed by atoms with van der Waals surface area (Å²) in [5, 5.41) is 0. The van der Waals surface area contributed by atoms with Crippen molar-refractivity contribution in [2.45, 2.75) is 58.1 Å². The van der Waals surface area contributed by atoms with Crippen LogP contribution in [0.1, 0.15) is 46.0 Å². The Kier molecular flexibility index (Phi) is 7.01. The topological polar surface area (TPSA) is 38.5 Å². The van der Waals surface area contributed by atoms with Crippen LogP contribution in [0.15, 0.2) is 0 Å². The lowest BCUT2D eigenvalue weighted by Gasteiger charge is -2.37. The van der Waals surface area contributed by atoms with E-state index in [1.165, 1.54) is 25.8 Å². The van der Waals surface area contributed by atoms with Gasteiger partial charge in [-0.2, -0.15) is 0 Å². The molecule has 16 heavy (non-hydrogen) atoms. The van der Waals surface area contributed by atoms with Crippen molar-refractivity contribution in [1.82, 2.24) is 4.90 Å². The number of nitrogens with zero attached hydrogens (tertiary/aromatic N) is 1.